The van der Waals surface area contributed by atoms with Gasteiger partial charge in [0, 0.05) is 47.5 Å². The van der Waals surface area contributed by atoms with Crippen molar-refractivity contribution in [3.63, 3.8) is 0 Å². The molecule has 172 valence electrons. The van der Waals surface area contributed by atoms with Crippen LogP contribution in [0.25, 0.3) is 5.57 Å². The number of para-hydroxylation sites is 1. The van der Waals surface area contributed by atoms with Gasteiger partial charge in [0.1, 0.15) is 18.1 Å². The molecule has 3 aliphatic rings. The molecule has 3 N–H and O–H groups in total. The van der Waals surface area contributed by atoms with Gasteiger partial charge in [-0.1, -0.05) is 45.4 Å². The Hall–Kier alpha value is -2.73. The van der Waals surface area contributed by atoms with E-state index >= 15 is 0 Å². The number of benzene rings is 2. The van der Waals surface area contributed by atoms with Crippen molar-refractivity contribution in [2.45, 2.75) is 0 Å². The van der Waals surface area contributed by atoms with Crippen molar-refractivity contribution >= 4 is 54.5 Å². The third kappa shape index (κ3) is 4.29. The first-order valence-corrected chi connectivity index (χ1v) is 12.9. The number of nitrogens with zero attached hydrogens (tertiary/aromatic N) is 2. The molecular formula is C22H22BrN5O4S. The second-order valence-electron chi connectivity index (χ2n) is 7.80. The van der Waals surface area contributed by atoms with Crippen LogP contribution in [0, 0.1) is 0 Å². The van der Waals surface area contributed by atoms with E-state index < -0.39 is 10.0 Å². The lowest BCUT2D eigenvalue weighted by Crippen LogP contribution is -2.47. The van der Waals surface area contributed by atoms with Crippen LogP contribution >= 0.6 is 15.9 Å². The molecule has 0 saturated carbocycles. The molecule has 11 heteroatoms. The minimum atomic E-state index is -3.42. The number of oxime groups is 1. The van der Waals surface area contributed by atoms with Gasteiger partial charge in [-0.3, -0.25) is 4.79 Å². The zero-order valence-electron chi connectivity index (χ0n) is 17.6. The van der Waals surface area contributed by atoms with E-state index in [-0.39, 0.29) is 18.3 Å². The molecule has 0 spiro atoms. The summed E-state index contributed by atoms with van der Waals surface area (Å²) in [5, 5.41) is 13.6. The smallest absolute Gasteiger partial charge is 0.258 e. The summed E-state index contributed by atoms with van der Waals surface area (Å²) in [4.78, 5) is 18.3. The zero-order valence-corrected chi connectivity index (χ0v) is 20.0. The van der Waals surface area contributed by atoms with E-state index in [0.29, 0.717) is 48.8 Å². The number of piperazine rings is 1. The van der Waals surface area contributed by atoms with E-state index in [0.717, 1.165) is 21.3 Å². The van der Waals surface area contributed by atoms with Gasteiger partial charge in [0.15, 0.2) is 0 Å². The molecule has 0 aliphatic carbocycles. The van der Waals surface area contributed by atoms with Crippen molar-refractivity contribution in [2.24, 2.45) is 5.16 Å². The Kier molecular flexibility index (Phi) is 5.95. The molecule has 2 aromatic carbocycles. The first kappa shape index (κ1) is 22.1. The number of carbonyl (C=O) groups is 1. The van der Waals surface area contributed by atoms with Gasteiger partial charge in [-0.2, -0.15) is 4.31 Å². The lowest BCUT2D eigenvalue weighted by molar-refractivity contribution is -0.110. The summed E-state index contributed by atoms with van der Waals surface area (Å²) in [6.45, 7) is 2.10. The molecule has 1 fully saturated rings. The SMILES string of the molecule is O=C1Nc2cc(Br)ccc2/C1=C1/Nc2ccccc2/C1=N\OCCS(=O)(=O)N1CCNCC1. The monoisotopic (exact) mass is 531 g/mol. The van der Waals surface area contributed by atoms with Crippen LogP contribution in [0.5, 0.6) is 0 Å². The number of sulfonamides is 1. The van der Waals surface area contributed by atoms with Crippen molar-refractivity contribution in [3.8, 4) is 0 Å². The summed E-state index contributed by atoms with van der Waals surface area (Å²) in [5.41, 5.74) is 4.50. The third-order valence-electron chi connectivity index (χ3n) is 5.71. The molecule has 0 bridgehead atoms. The van der Waals surface area contributed by atoms with Crippen LogP contribution in [0.1, 0.15) is 11.1 Å². The molecule has 5 rings (SSSR count). The maximum Gasteiger partial charge on any atom is 0.258 e. The number of rotatable bonds is 5. The normalized spacial score (nSPS) is 21.5. The molecule has 3 aliphatic heterocycles. The number of anilines is 2. The zero-order chi connectivity index (χ0) is 23.0. The van der Waals surface area contributed by atoms with Gasteiger partial charge in [-0.15, -0.1) is 0 Å². The van der Waals surface area contributed by atoms with Gasteiger partial charge in [-0.05, 0) is 18.2 Å². The molecule has 3 heterocycles. The Morgan fingerprint density at radius 2 is 1.82 bits per heavy atom. The number of halogens is 1. The Morgan fingerprint density at radius 1 is 1.03 bits per heavy atom. The number of allylic oxidation sites excluding steroid dienone is 1. The van der Waals surface area contributed by atoms with Crippen LogP contribution < -0.4 is 16.0 Å². The summed E-state index contributed by atoms with van der Waals surface area (Å²) in [5.74, 6) is -0.408. The fraction of sp³-hybridized carbons (Fsp3) is 0.273. The van der Waals surface area contributed by atoms with Gasteiger partial charge >= 0.3 is 0 Å². The highest BCUT2D eigenvalue weighted by Gasteiger charge is 2.34. The van der Waals surface area contributed by atoms with E-state index in [1.807, 2.05) is 42.5 Å². The number of nitrogens with one attached hydrogen (secondary N) is 3. The highest BCUT2D eigenvalue weighted by molar-refractivity contribution is 9.10. The standard InChI is InChI=1S/C22H22BrN5O4S/c23-14-5-6-15-18(13-14)26-22(29)19(15)21-20(16-3-1-2-4-17(16)25-21)27-32-11-12-33(30,31)28-9-7-24-8-10-28/h1-6,13,24-25H,7-12H2,(H,26,29)/b21-19-,27-20+. The van der Waals surface area contributed by atoms with Crippen molar-refractivity contribution in [2.75, 3.05) is 49.2 Å². The molecule has 1 saturated heterocycles. The summed E-state index contributed by atoms with van der Waals surface area (Å²) in [6.07, 6.45) is 0. The molecule has 2 aromatic rings. The van der Waals surface area contributed by atoms with Gasteiger partial charge in [-0.25, -0.2) is 8.42 Å². The average molecular weight is 532 g/mol. The first-order valence-electron chi connectivity index (χ1n) is 10.5. The highest BCUT2D eigenvalue weighted by atomic mass is 79.9. The fourth-order valence-corrected chi connectivity index (χ4v) is 5.74. The molecule has 0 atom stereocenters. The van der Waals surface area contributed by atoms with Crippen LogP contribution in [-0.2, 0) is 19.7 Å². The molecule has 0 unspecified atom stereocenters. The highest BCUT2D eigenvalue weighted by Crippen LogP contribution is 2.40. The van der Waals surface area contributed by atoms with E-state index in [1.54, 1.807) is 0 Å². The predicted octanol–water partition coefficient (Wildman–Crippen LogP) is 2.19. The second kappa shape index (κ2) is 8.90. The maximum absolute atomic E-state index is 12.9. The summed E-state index contributed by atoms with van der Waals surface area (Å²) >= 11 is 3.43. The number of carbonyl (C=O) groups excluding carboxylic acids is 1. The molecule has 1 amide bonds. The Morgan fingerprint density at radius 3 is 2.64 bits per heavy atom. The first-order chi connectivity index (χ1) is 15.9. The average Bonchev–Trinajstić information content (AvgIpc) is 3.33. The largest absolute Gasteiger partial charge is 0.394 e. The maximum atomic E-state index is 12.9. The Labute approximate surface area is 200 Å². The van der Waals surface area contributed by atoms with Crippen LogP contribution in [0.15, 0.2) is 57.8 Å². The quantitative estimate of drug-likeness (QED) is 0.309. The topological polar surface area (TPSA) is 112 Å². The van der Waals surface area contributed by atoms with E-state index in [1.165, 1.54) is 4.31 Å². The molecule has 33 heavy (non-hydrogen) atoms. The Balaban J connectivity index is 1.43. The lowest BCUT2D eigenvalue weighted by atomic mass is 10.0. The van der Waals surface area contributed by atoms with Crippen LogP contribution in [0.4, 0.5) is 11.4 Å². The minimum Gasteiger partial charge on any atom is -0.394 e. The van der Waals surface area contributed by atoms with Crippen molar-refractivity contribution in [1.82, 2.24) is 9.62 Å². The van der Waals surface area contributed by atoms with Crippen LogP contribution in [0.2, 0.25) is 0 Å². The summed E-state index contributed by atoms with van der Waals surface area (Å²) in [7, 11) is -3.42. The van der Waals surface area contributed by atoms with Crippen molar-refractivity contribution in [3.05, 3.63) is 63.8 Å². The summed E-state index contributed by atoms with van der Waals surface area (Å²) in [6, 6.07) is 13.1. The minimum absolute atomic E-state index is 0.0870. The molecule has 0 aromatic heterocycles. The van der Waals surface area contributed by atoms with E-state index in [9.17, 15) is 13.2 Å². The second-order valence-corrected chi connectivity index (χ2v) is 10.8. The third-order valence-corrected chi connectivity index (χ3v) is 8.04. The fourth-order valence-electron chi connectivity index (χ4n) is 4.10. The Bertz CT molecular complexity index is 1290. The van der Waals surface area contributed by atoms with Crippen LogP contribution in [0.3, 0.4) is 0 Å². The molecule has 0 radical (unpaired) electrons. The van der Waals surface area contributed by atoms with Gasteiger partial charge in [0.2, 0.25) is 10.0 Å². The van der Waals surface area contributed by atoms with E-state index in [2.05, 4.69) is 37.0 Å². The van der Waals surface area contributed by atoms with Gasteiger partial charge in [0.25, 0.3) is 5.91 Å². The van der Waals surface area contributed by atoms with Gasteiger partial charge < -0.3 is 20.8 Å². The number of amides is 1. The number of hydrogen-bond acceptors (Lipinski definition) is 7. The van der Waals surface area contributed by atoms with Crippen molar-refractivity contribution < 1.29 is 18.0 Å². The predicted molar refractivity (Wildman–Crippen MR) is 130 cm³/mol. The molecule has 9 nitrogen and oxygen atoms in total. The summed E-state index contributed by atoms with van der Waals surface area (Å²) < 4.78 is 27.4. The molecular weight excluding hydrogens is 510 g/mol. The van der Waals surface area contributed by atoms with Gasteiger partial charge in [0.05, 0.1) is 17.0 Å². The number of fused-ring (bicyclic) bond motifs is 2. The van der Waals surface area contributed by atoms with E-state index in [4.69, 9.17) is 4.84 Å². The van der Waals surface area contributed by atoms with Crippen LogP contribution in [-0.4, -0.2) is 62.9 Å². The van der Waals surface area contributed by atoms with Crippen molar-refractivity contribution in [1.29, 1.82) is 0 Å². The number of hydrogen-bond donors (Lipinski definition) is 3. The lowest BCUT2D eigenvalue weighted by Gasteiger charge is -2.26.